The third kappa shape index (κ3) is 3.47. The Morgan fingerprint density at radius 2 is 2.15 bits per heavy atom. The van der Waals surface area contributed by atoms with Gasteiger partial charge in [0.15, 0.2) is 0 Å². The van der Waals surface area contributed by atoms with E-state index in [9.17, 15) is 0 Å². The zero-order valence-electron chi connectivity index (χ0n) is 12.0. The SMILES string of the molecule is Cc1ccc(N2CCNCC2)c(CSNC2COC2)c1. The van der Waals surface area contributed by atoms with Crippen molar-refractivity contribution < 1.29 is 4.74 Å². The van der Waals surface area contributed by atoms with Crippen molar-refractivity contribution in [2.45, 2.75) is 18.7 Å². The predicted molar refractivity (Wildman–Crippen MR) is 85.3 cm³/mol. The summed E-state index contributed by atoms with van der Waals surface area (Å²) in [4.78, 5) is 2.50. The molecule has 2 N–H and O–H groups in total. The first-order valence-corrected chi connectivity index (χ1v) is 8.32. The first kappa shape index (κ1) is 14.2. The number of ether oxygens (including phenoxy) is 1. The molecule has 0 amide bonds. The summed E-state index contributed by atoms with van der Waals surface area (Å²) in [5, 5.41) is 3.42. The van der Waals surface area contributed by atoms with E-state index in [1.54, 1.807) is 11.9 Å². The Morgan fingerprint density at radius 3 is 2.85 bits per heavy atom. The van der Waals surface area contributed by atoms with Crippen molar-refractivity contribution >= 4 is 17.6 Å². The van der Waals surface area contributed by atoms with Gasteiger partial charge < -0.3 is 15.0 Å². The summed E-state index contributed by atoms with van der Waals surface area (Å²) in [5.41, 5.74) is 4.17. The van der Waals surface area contributed by atoms with Crippen LogP contribution in [0, 0.1) is 6.92 Å². The minimum absolute atomic E-state index is 0.535. The van der Waals surface area contributed by atoms with Crippen molar-refractivity contribution in [3.05, 3.63) is 29.3 Å². The summed E-state index contributed by atoms with van der Waals surface area (Å²) in [7, 11) is 0. The zero-order valence-corrected chi connectivity index (χ0v) is 12.8. The molecule has 20 heavy (non-hydrogen) atoms. The molecule has 0 saturated carbocycles. The fourth-order valence-electron chi connectivity index (χ4n) is 2.59. The smallest absolute Gasteiger partial charge is 0.0651 e. The molecule has 5 heteroatoms. The standard InChI is InChI=1S/C15H23N3OS/c1-12-2-3-15(18-6-4-16-5-7-18)13(8-12)11-20-17-14-9-19-10-14/h2-3,8,14,16-17H,4-7,9-11H2,1H3. The lowest BCUT2D eigenvalue weighted by Crippen LogP contribution is -2.44. The quantitative estimate of drug-likeness (QED) is 0.806. The Morgan fingerprint density at radius 1 is 1.35 bits per heavy atom. The summed E-state index contributed by atoms with van der Waals surface area (Å²) < 4.78 is 8.66. The molecule has 0 unspecified atom stereocenters. The van der Waals surface area contributed by atoms with Crippen molar-refractivity contribution in [1.29, 1.82) is 0 Å². The lowest BCUT2D eigenvalue weighted by molar-refractivity contribution is 0.00599. The van der Waals surface area contributed by atoms with Gasteiger partial charge in [0.05, 0.1) is 19.3 Å². The van der Waals surface area contributed by atoms with E-state index in [2.05, 4.69) is 40.1 Å². The van der Waals surface area contributed by atoms with Crippen molar-refractivity contribution in [2.24, 2.45) is 0 Å². The van der Waals surface area contributed by atoms with Crippen LogP contribution in [0.3, 0.4) is 0 Å². The van der Waals surface area contributed by atoms with Crippen LogP contribution in [0.25, 0.3) is 0 Å². The summed E-state index contributed by atoms with van der Waals surface area (Å²) in [6.07, 6.45) is 0. The Balaban J connectivity index is 1.64. The molecular formula is C15H23N3OS. The molecule has 0 bridgehead atoms. The molecule has 2 aliphatic rings. The second-order valence-corrected chi connectivity index (χ2v) is 6.32. The largest absolute Gasteiger partial charge is 0.378 e. The van der Waals surface area contributed by atoms with Crippen LogP contribution in [-0.4, -0.2) is 45.4 Å². The number of nitrogens with one attached hydrogen (secondary N) is 2. The van der Waals surface area contributed by atoms with Crippen LogP contribution in [0.4, 0.5) is 5.69 Å². The minimum atomic E-state index is 0.535. The van der Waals surface area contributed by atoms with Gasteiger partial charge in [-0.15, -0.1) is 0 Å². The molecule has 2 heterocycles. The summed E-state index contributed by atoms with van der Waals surface area (Å²) in [6, 6.07) is 7.36. The summed E-state index contributed by atoms with van der Waals surface area (Å²) in [6.45, 7) is 8.24. The molecule has 2 saturated heterocycles. The van der Waals surface area contributed by atoms with Gasteiger partial charge in [-0.25, -0.2) is 0 Å². The number of benzene rings is 1. The number of nitrogens with zero attached hydrogens (tertiary/aromatic N) is 1. The van der Waals surface area contributed by atoms with E-state index in [1.165, 1.54) is 16.8 Å². The minimum Gasteiger partial charge on any atom is -0.378 e. The number of hydrogen-bond acceptors (Lipinski definition) is 5. The fraction of sp³-hybridized carbons (Fsp3) is 0.600. The highest BCUT2D eigenvalue weighted by Crippen LogP contribution is 2.26. The topological polar surface area (TPSA) is 36.5 Å². The van der Waals surface area contributed by atoms with Crippen LogP contribution in [-0.2, 0) is 10.5 Å². The van der Waals surface area contributed by atoms with Gasteiger partial charge in [0, 0.05) is 37.6 Å². The van der Waals surface area contributed by atoms with E-state index in [0.717, 1.165) is 45.1 Å². The van der Waals surface area contributed by atoms with Crippen LogP contribution in [0.2, 0.25) is 0 Å². The van der Waals surface area contributed by atoms with Crippen LogP contribution in [0.15, 0.2) is 18.2 Å². The highest BCUT2D eigenvalue weighted by molar-refractivity contribution is 7.96. The van der Waals surface area contributed by atoms with Crippen molar-refractivity contribution in [1.82, 2.24) is 10.0 Å². The number of anilines is 1. The van der Waals surface area contributed by atoms with Gasteiger partial charge in [0.1, 0.15) is 0 Å². The van der Waals surface area contributed by atoms with Gasteiger partial charge in [-0.2, -0.15) is 0 Å². The van der Waals surface area contributed by atoms with Crippen LogP contribution in [0.5, 0.6) is 0 Å². The molecule has 0 aromatic heterocycles. The van der Waals surface area contributed by atoms with Gasteiger partial charge in [0.25, 0.3) is 0 Å². The van der Waals surface area contributed by atoms with Gasteiger partial charge in [-0.05, 0) is 18.6 Å². The predicted octanol–water partition coefficient (Wildman–Crippen LogP) is 1.54. The van der Waals surface area contributed by atoms with E-state index in [1.807, 2.05) is 0 Å². The second kappa shape index (κ2) is 6.80. The number of rotatable bonds is 5. The van der Waals surface area contributed by atoms with Crippen LogP contribution in [0.1, 0.15) is 11.1 Å². The Hall–Kier alpha value is -0.750. The van der Waals surface area contributed by atoms with Crippen molar-refractivity contribution in [2.75, 3.05) is 44.3 Å². The average molecular weight is 293 g/mol. The van der Waals surface area contributed by atoms with E-state index < -0.39 is 0 Å². The lowest BCUT2D eigenvalue weighted by Gasteiger charge is -2.31. The Bertz CT molecular complexity index is 445. The fourth-order valence-corrected chi connectivity index (χ4v) is 3.43. The Kier molecular flexibility index (Phi) is 4.83. The molecule has 4 nitrogen and oxygen atoms in total. The molecule has 0 aliphatic carbocycles. The molecule has 3 rings (SSSR count). The molecule has 0 spiro atoms. The third-order valence-electron chi connectivity index (χ3n) is 3.81. The molecule has 0 radical (unpaired) electrons. The third-order valence-corrected chi connectivity index (χ3v) is 4.76. The number of aryl methyl sites for hydroxylation is 1. The number of piperazine rings is 1. The highest BCUT2D eigenvalue weighted by Gasteiger charge is 2.18. The summed E-state index contributed by atoms with van der Waals surface area (Å²) in [5.74, 6) is 1.01. The van der Waals surface area contributed by atoms with Gasteiger partial charge >= 0.3 is 0 Å². The highest BCUT2D eigenvalue weighted by atomic mass is 32.2. The first-order valence-electron chi connectivity index (χ1n) is 7.33. The number of hydrogen-bond donors (Lipinski definition) is 2. The van der Waals surface area contributed by atoms with E-state index in [-0.39, 0.29) is 0 Å². The van der Waals surface area contributed by atoms with Crippen molar-refractivity contribution in [3.63, 3.8) is 0 Å². The second-order valence-electron chi connectivity index (χ2n) is 5.51. The van der Waals surface area contributed by atoms with E-state index in [0.29, 0.717) is 6.04 Å². The van der Waals surface area contributed by atoms with Gasteiger partial charge in [-0.1, -0.05) is 29.6 Å². The van der Waals surface area contributed by atoms with Gasteiger partial charge in [-0.3, -0.25) is 4.72 Å². The molecule has 1 aromatic carbocycles. The molecule has 0 atom stereocenters. The molecule has 110 valence electrons. The zero-order chi connectivity index (χ0) is 13.8. The normalized spacial score (nSPS) is 19.9. The first-order chi connectivity index (χ1) is 9.83. The summed E-state index contributed by atoms with van der Waals surface area (Å²) >= 11 is 1.80. The van der Waals surface area contributed by atoms with E-state index >= 15 is 0 Å². The average Bonchev–Trinajstić information content (AvgIpc) is 2.43. The molecule has 1 aromatic rings. The monoisotopic (exact) mass is 293 g/mol. The maximum atomic E-state index is 5.18. The van der Waals surface area contributed by atoms with Crippen molar-refractivity contribution in [3.8, 4) is 0 Å². The van der Waals surface area contributed by atoms with E-state index in [4.69, 9.17) is 4.74 Å². The van der Waals surface area contributed by atoms with Gasteiger partial charge in [0.2, 0.25) is 0 Å². The maximum absolute atomic E-state index is 5.18. The molecule has 2 fully saturated rings. The maximum Gasteiger partial charge on any atom is 0.0651 e. The molecular weight excluding hydrogens is 270 g/mol. The Labute approximate surface area is 125 Å². The lowest BCUT2D eigenvalue weighted by atomic mass is 10.1. The molecule has 2 aliphatic heterocycles. The van der Waals surface area contributed by atoms with Crippen LogP contribution >= 0.6 is 11.9 Å². The van der Waals surface area contributed by atoms with Crippen LogP contribution < -0.4 is 14.9 Å².